The molecule has 1 fully saturated rings. The van der Waals surface area contributed by atoms with Crippen LogP contribution < -0.4 is 4.74 Å². The number of hydrogen-bond acceptors (Lipinski definition) is 5. The van der Waals surface area contributed by atoms with Crippen LogP contribution in [0.15, 0.2) is 77.4 Å². The first-order chi connectivity index (χ1) is 14.8. The zero-order valence-corrected chi connectivity index (χ0v) is 16.9. The number of hydrogen-bond donors (Lipinski definition) is 0. The molecule has 2 aromatic heterocycles. The predicted octanol–water partition coefficient (Wildman–Crippen LogP) is 4.40. The normalized spacial score (nSPS) is 16.8. The first-order valence-corrected chi connectivity index (χ1v) is 10.2. The van der Waals surface area contributed by atoms with Crippen molar-refractivity contribution in [2.75, 3.05) is 13.1 Å². The minimum atomic E-state index is 0.142. The molecule has 3 heterocycles. The van der Waals surface area contributed by atoms with Crippen molar-refractivity contribution in [1.82, 2.24) is 19.6 Å². The third-order valence-corrected chi connectivity index (χ3v) is 5.54. The van der Waals surface area contributed by atoms with Gasteiger partial charge in [0.25, 0.3) is 5.89 Å². The van der Waals surface area contributed by atoms with Gasteiger partial charge < -0.3 is 13.8 Å². The monoisotopic (exact) mass is 400 g/mol. The summed E-state index contributed by atoms with van der Waals surface area (Å²) >= 11 is 0. The van der Waals surface area contributed by atoms with E-state index in [4.69, 9.17) is 9.26 Å². The van der Waals surface area contributed by atoms with Gasteiger partial charge in [-0.2, -0.15) is 4.98 Å². The molecule has 2 aromatic carbocycles. The lowest BCUT2D eigenvalue weighted by Gasteiger charge is -2.18. The molecule has 0 bridgehead atoms. The van der Waals surface area contributed by atoms with Crippen LogP contribution in [0.4, 0.5) is 0 Å². The third-order valence-electron chi connectivity index (χ3n) is 5.54. The van der Waals surface area contributed by atoms with Crippen molar-refractivity contribution in [3.8, 4) is 28.6 Å². The molecule has 1 saturated heterocycles. The summed E-state index contributed by atoms with van der Waals surface area (Å²) in [6, 6.07) is 22.0. The van der Waals surface area contributed by atoms with E-state index in [1.807, 2.05) is 54.6 Å². The molecule has 0 radical (unpaired) electrons. The Morgan fingerprint density at radius 3 is 2.70 bits per heavy atom. The first kappa shape index (κ1) is 18.6. The first-order valence-electron chi connectivity index (χ1n) is 10.2. The molecule has 0 spiro atoms. The van der Waals surface area contributed by atoms with E-state index in [2.05, 4.69) is 45.0 Å². The lowest BCUT2D eigenvalue weighted by Crippen LogP contribution is -2.25. The van der Waals surface area contributed by atoms with Crippen LogP contribution in [0, 0.1) is 0 Å². The number of nitrogens with zero attached hydrogens (tertiary/aromatic N) is 4. The average molecular weight is 400 g/mol. The summed E-state index contributed by atoms with van der Waals surface area (Å²) in [6.07, 6.45) is 3.23. The molecule has 1 aliphatic heterocycles. The van der Waals surface area contributed by atoms with Crippen LogP contribution in [-0.4, -0.2) is 38.8 Å². The van der Waals surface area contributed by atoms with Crippen LogP contribution in [0.1, 0.15) is 12.1 Å². The van der Waals surface area contributed by atoms with E-state index in [0.717, 1.165) is 42.9 Å². The zero-order chi connectivity index (χ0) is 20.3. The van der Waals surface area contributed by atoms with Crippen LogP contribution in [-0.2, 0) is 13.6 Å². The Balaban J connectivity index is 1.30. The fourth-order valence-corrected chi connectivity index (χ4v) is 3.89. The molecule has 30 heavy (non-hydrogen) atoms. The van der Waals surface area contributed by atoms with E-state index in [1.165, 1.54) is 5.69 Å². The van der Waals surface area contributed by atoms with E-state index >= 15 is 0 Å². The average Bonchev–Trinajstić information content (AvgIpc) is 3.52. The molecule has 1 atom stereocenters. The van der Waals surface area contributed by atoms with E-state index in [-0.39, 0.29) is 6.10 Å². The maximum Gasteiger partial charge on any atom is 0.262 e. The van der Waals surface area contributed by atoms with Crippen molar-refractivity contribution in [3.05, 3.63) is 78.6 Å². The molecule has 1 aliphatic rings. The molecular weight excluding hydrogens is 376 g/mol. The van der Waals surface area contributed by atoms with Crippen molar-refractivity contribution in [2.24, 2.45) is 7.05 Å². The van der Waals surface area contributed by atoms with E-state index in [9.17, 15) is 0 Å². The lowest BCUT2D eigenvalue weighted by atomic mass is 10.2. The van der Waals surface area contributed by atoms with Gasteiger partial charge in [0.05, 0.1) is 5.56 Å². The third kappa shape index (κ3) is 3.86. The van der Waals surface area contributed by atoms with Crippen LogP contribution in [0.2, 0.25) is 0 Å². The minimum Gasteiger partial charge on any atom is -0.488 e. The van der Waals surface area contributed by atoms with E-state index in [1.54, 1.807) is 0 Å². The lowest BCUT2D eigenvalue weighted by molar-refractivity contribution is 0.197. The highest BCUT2D eigenvalue weighted by atomic mass is 16.5. The molecule has 1 unspecified atom stereocenters. The second-order valence-corrected chi connectivity index (χ2v) is 7.66. The SMILES string of the molecule is Cn1cccc1CN1CCC(Oc2ccccc2-c2nc(-c3ccccc3)no2)C1. The van der Waals surface area contributed by atoms with Crippen LogP contribution in [0.25, 0.3) is 22.8 Å². The molecule has 6 nitrogen and oxygen atoms in total. The molecule has 0 aliphatic carbocycles. The van der Waals surface area contributed by atoms with Crippen molar-refractivity contribution in [3.63, 3.8) is 0 Å². The predicted molar refractivity (Wildman–Crippen MR) is 115 cm³/mol. The summed E-state index contributed by atoms with van der Waals surface area (Å²) in [4.78, 5) is 7.02. The molecule has 0 saturated carbocycles. The molecule has 152 valence electrons. The Kier molecular flexibility index (Phi) is 5.07. The number of para-hydroxylation sites is 1. The molecule has 0 N–H and O–H groups in total. The Morgan fingerprint density at radius 2 is 1.87 bits per heavy atom. The van der Waals surface area contributed by atoms with Gasteiger partial charge in [0.1, 0.15) is 11.9 Å². The van der Waals surface area contributed by atoms with Crippen LogP contribution >= 0.6 is 0 Å². The van der Waals surface area contributed by atoms with Gasteiger partial charge in [-0.3, -0.25) is 4.90 Å². The van der Waals surface area contributed by atoms with Crippen LogP contribution in [0.3, 0.4) is 0 Å². The van der Waals surface area contributed by atoms with Crippen molar-refractivity contribution in [2.45, 2.75) is 19.1 Å². The number of rotatable bonds is 6. The second-order valence-electron chi connectivity index (χ2n) is 7.66. The van der Waals surface area contributed by atoms with Gasteiger partial charge in [-0.1, -0.05) is 47.6 Å². The Labute approximate surface area is 175 Å². The Morgan fingerprint density at radius 1 is 1.03 bits per heavy atom. The molecule has 5 rings (SSSR count). The number of ether oxygens (including phenoxy) is 1. The maximum absolute atomic E-state index is 6.38. The Hall–Kier alpha value is -3.38. The number of likely N-dealkylation sites (tertiary alicyclic amines) is 1. The summed E-state index contributed by atoms with van der Waals surface area (Å²) in [7, 11) is 2.09. The van der Waals surface area contributed by atoms with Gasteiger partial charge in [-0.05, 0) is 30.7 Å². The molecular formula is C24H24N4O2. The van der Waals surface area contributed by atoms with E-state index in [0.29, 0.717) is 11.7 Å². The molecule has 6 heteroatoms. The van der Waals surface area contributed by atoms with E-state index < -0.39 is 0 Å². The standard InChI is InChI=1S/C24H24N4O2/c1-27-14-7-10-19(27)16-28-15-13-20(17-28)29-22-12-6-5-11-21(22)24-25-23(26-30-24)18-8-3-2-4-9-18/h2-12,14,20H,13,15-17H2,1H3. The van der Waals surface area contributed by atoms with Crippen molar-refractivity contribution >= 4 is 0 Å². The summed E-state index contributed by atoms with van der Waals surface area (Å²) < 4.78 is 14.1. The maximum atomic E-state index is 6.38. The Bertz CT molecular complexity index is 1120. The smallest absolute Gasteiger partial charge is 0.262 e. The number of benzene rings is 2. The topological polar surface area (TPSA) is 56.3 Å². The fraction of sp³-hybridized carbons (Fsp3) is 0.250. The van der Waals surface area contributed by atoms with Gasteiger partial charge in [0.2, 0.25) is 5.82 Å². The molecule has 4 aromatic rings. The quantitative estimate of drug-likeness (QED) is 0.480. The summed E-state index contributed by atoms with van der Waals surface area (Å²) in [6.45, 7) is 2.87. The highest BCUT2D eigenvalue weighted by Crippen LogP contribution is 2.32. The highest BCUT2D eigenvalue weighted by molar-refractivity contribution is 5.65. The van der Waals surface area contributed by atoms with Gasteiger partial charge in [0.15, 0.2) is 0 Å². The van der Waals surface area contributed by atoms with Crippen LogP contribution in [0.5, 0.6) is 5.75 Å². The number of aryl methyl sites for hydroxylation is 1. The molecule has 0 amide bonds. The van der Waals surface area contributed by atoms with Gasteiger partial charge in [-0.15, -0.1) is 0 Å². The summed E-state index contributed by atoms with van der Waals surface area (Å²) in [5.74, 6) is 1.84. The van der Waals surface area contributed by atoms with Crippen molar-refractivity contribution < 1.29 is 9.26 Å². The second kappa shape index (κ2) is 8.16. The number of aromatic nitrogens is 3. The zero-order valence-electron chi connectivity index (χ0n) is 16.9. The van der Waals surface area contributed by atoms with Gasteiger partial charge in [0, 0.05) is 44.1 Å². The largest absolute Gasteiger partial charge is 0.488 e. The minimum absolute atomic E-state index is 0.142. The summed E-state index contributed by atoms with van der Waals surface area (Å²) in [5, 5.41) is 4.15. The summed E-state index contributed by atoms with van der Waals surface area (Å²) in [5.41, 5.74) is 3.07. The van der Waals surface area contributed by atoms with Gasteiger partial charge >= 0.3 is 0 Å². The van der Waals surface area contributed by atoms with Crippen molar-refractivity contribution in [1.29, 1.82) is 0 Å². The van der Waals surface area contributed by atoms with Gasteiger partial charge in [-0.25, -0.2) is 0 Å². The highest BCUT2D eigenvalue weighted by Gasteiger charge is 2.26. The fourth-order valence-electron chi connectivity index (χ4n) is 3.89.